The molecule has 2 aromatic rings. The second-order valence-corrected chi connectivity index (χ2v) is 8.07. The summed E-state index contributed by atoms with van der Waals surface area (Å²) < 4.78 is 82.2. The molecule has 4 atom stereocenters. The summed E-state index contributed by atoms with van der Waals surface area (Å²) in [5, 5.41) is 4.13. The predicted molar refractivity (Wildman–Crippen MR) is 97.8 cm³/mol. The lowest BCUT2D eigenvalue weighted by Crippen LogP contribution is -2.42. The van der Waals surface area contributed by atoms with Crippen LogP contribution in [0, 0.1) is 5.82 Å². The minimum Gasteiger partial charge on any atom is -0.335 e. The first kappa shape index (κ1) is 22.3. The zero-order valence-electron chi connectivity index (χ0n) is 16.8. The van der Waals surface area contributed by atoms with Crippen molar-refractivity contribution in [3.05, 3.63) is 45.6 Å². The molecule has 1 saturated heterocycles. The molecule has 4 heterocycles. The lowest BCUT2D eigenvalue weighted by atomic mass is 9.95. The number of hydrogen-bond donors (Lipinski definition) is 0. The standard InChI is InChI=1S/C19H19F6N5O2/c1-9-2-3-13(17(31)28-7-11(20)12(21)8-28)30-16(9)27-29(18(30)32)6-10-4-5-26-15(14(10)22)19(23,24)25/h4-5,9,11-13H,2-3,6-8H2,1H3. The molecule has 0 N–H and O–H groups in total. The summed E-state index contributed by atoms with van der Waals surface area (Å²) in [7, 11) is 0. The zero-order valence-corrected chi connectivity index (χ0v) is 16.8. The Hall–Kier alpha value is -2.86. The van der Waals surface area contributed by atoms with E-state index in [-0.39, 0.29) is 18.2 Å². The summed E-state index contributed by atoms with van der Waals surface area (Å²) in [5.74, 6) is -2.30. The van der Waals surface area contributed by atoms with Gasteiger partial charge in [0.15, 0.2) is 23.9 Å². The molecular formula is C19H19F6N5O2. The van der Waals surface area contributed by atoms with Gasteiger partial charge in [-0.2, -0.15) is 18.3 Å². The van der Waals surface area contributed by atoms with Crippen molar-refractivity contribution in [2.45, 2.75) is 56.8 Å². The van der Waals surface area contributed by atoms with Crippen molar-refractivity contribution in [3.8, 4) is 0 Å². The Bertz CT molecular complexity index is 1090. The first-order valence-corrected chi connectivity index (χ1v) is 9.95. The Morgan fingerprint density at radius 3 is 2.47 bits per heavy atom. The van der Waals surface area contributed by atoms with E-state index in [9.17, 15) is 35.9 Å². The summed E-state index contributed by atoms with van der Waals surface area (Å²) in [6, 6.07) is -0.0398. The second kappa shape index (κ2) is 7.93. The molecule has 4 rings (SSSR count). The minimum atomic E-state index is -5.01. The highest BCUT2D eigenvalue weighted by atomic mass is 19.4. The van der Waals surface area contributed by atoms with Gasteiger partial charge >= 0.3 is 11.9 Å². The van der Waals surface area contributed by atoms with Crippen LogP contribution in [0.25, 0.3) is 0 Å². The average Bonchev–Trinajstić information content (AvgIpc) is 3.23. The van der Waals surface area contributed by atoms with Gasteiger partial charge in [-0.05, 0) is 18.9 Å². The van der Waals surface area contributed by atoms with Gasteiger partial charge in [-0.25, -0.2) is 27.6 Å². The number of halogens is 6. The van der Waals surface area contributed by atoms with Crippen LogP contribution >= 0.6 is 0 Å². The van der Waals surface area contributed by atoms with Gasteiger partial charge in [0, 0.05) is 17.7 Å². The number of alkyl halides is 5. The third kappa shape index (κ3) is 3.77. The molecule has 7 nitrogen and oxygen atoms in total. The maximum atomic E-state index is 14.4. The van der Waals surface area contributed by atoms with Gasteiger partial charge < -0.3 is 4.90 Å². The largest absolute Gasteiger partial charge is 0.436 e. The molecule has 0 saturated carbocycles. The second-order valence-electron chi connectivity index (χ2n) is 8.07. The molecule has 4 unspecified atom stereocenters. The van der Waals surface area contributed by atoms with E-state index in [0.717, 1.165) is 26.4 Å². The van der Waals surface area contributed by atoms with E-state index in [1.165, 1.54) is 0 Å². The minimum absolute atomic E-state index is 0.206. The number of rotatable bonds is 3. The van der Waals surface area contributed by atoms with E-state index in [4.69, 9.17) is 0 Å². The molecule has 2 aliphatic rings. The highest BCUT2D eigenvalue weighted by Crippen LogP contribution is 2.34. The van der Waals surface area contributed by atoms with Crippen LogP contribution in [0.2, 0.25) is 0 Å². The van der Waals surface area contributed by atoms with E-state index in [0.29, 0.717) is 6.42 Å². The molecule has 174 valence electrons. The van der Waals surface area contributed by atoms with E-state index in [1.807, 2.05) is 0 Å². The van der Waals surface area contributed by atoms with Crippen molar-refractivity contribution in [3.63, 3.8) is 0 Å². The Morgan fingerprint density at radius 2 is 1.84 bits per heavy atom. The zero-order chi connectivity index (χ0) is 23.4. The topological polar surface area (TPSA) is 73.0 Å². The summed E-state index contributed by atoms with van der Waals surface area (Å²) in [6.45, 7) is 0.301. The summed E-state index contributed by atoms with van der Waals surface area (Å²) in [5.41, 5.74) is -2.97. The number of likely N-dealkylation sites (tertiary alicyclic amines) is 1. The van der Waals surface area contributed by atoms with Gasteiger partial charge in [-0.3, -0.25) is 9.36 Å². The normalized spacial score (nSPS) is 25.8. The molecule has 2 aromatic heterocycles. The molecule has 0 aliphatic carbocycles. The monoisotopic (exact) mass is 463 g/mol. The van der Waals surface area contributed by atoms with Crippen molar-refractivity contribution < 1.29 is 31.1 Å². The van der Waals surface area contributed by atoms with Crippen LogP contribution in [0.5, 0.6) is 0 Å². The van der Waals surface area contributed by atoms with Crippen molar-refractivity contribution in [1.29, 1.82) is 0 Å². The molecular weight excluding hydrogens is 444 g/mol. The SMILES string of the molecule is CC1CCC(C(=O)N2CC(F)C(F)C2)n2c1nn(Cc1ccnc(C(F)(F)F)c1F)c2=O. The lowest BCUT2D eigenvalue weighted by Gasteiger charge is -2.29. The first-order chi connectivity index (χ1) is 15.0. The van der Waals surface area contributed by atoms with Crippen LogP contribution in [0.15, 0.2) is 17.1 Å². The van der Waals surface area contributed by atoms with E-state index in [1.54, 1.807) is 6.92 Å². The number of amides is 1. The van der Waals surface area contributed by atoms with Crippen molar-refractivity contribution in [2.24, 2.45) is 0 Å². The molecule has 0 radical (unpaired) electrons. The maximum absolute atomic E-state index is 14.4. The van der Waals surface area contributed by atoms with Gasteiger partial charge in [0.25, 0.3) is 0 Å². The van der Waals surface area contributed by atoms with Crippen LogP contribution in [0.1, 0.15) is 48.8 Å². The van der Waals surface area contributed by atoms with Crippen LogP contribution in [0.3, 0.4) is 0 Å². The number of fused-ring (bicyclic) bond motifs is 1. The molecule has 13 heteroatoms. The van der Waals surface area contributed by atoms with Gasteiger partial charge in [-0.1, -0.05) is 6.92 Å². The first-order valence-electron chi connectivity index (χ1n) is 9.95. The number of nitrogens with zero attached hydrogens (tertiary/aromatic N) is 5. The van der Waals surface area contributed by atoms with Crippen LogP contribution in [-0.2, 0) is 17.5 Å². The Kier molecular flexibility index (Phi) is 5.53. The summed E-state index contributed by atoms with van der Waals surface area (Å²) in [4.78, 5) is 29.9. The smallest absolute Gasteiger partial charge is 0.335 e. The predicted octanol–water partition coefficient (Wildman–Crippen LogP) is 2.60. The fourth-order valence-corrected chi connectivity index (χ4v) is 4.15. The van der Waals surface area contributed by atoms with Crippen molar-refractivity contribution in [2.75, 3.05) is 13.1 Å². The molecule has 0 spiro atoms. The molecule has 2 aliphatic heterocycles. The Labute approximate surface area is 177 Å². The third-order valence-corrected chi connectivity index (χ3v) is 5.86. The van der Waals surface area contributed by atoms with Crippen molar-refractivity contribution in [1.82, 2.24) is 24.2 Å². The highest BCUT2D eigenvalue weighted by molar-refractivity contribution is 5.81. The maximum Gasteiger partial charge on any atom is 0.436 e. The fourth-order valence-electron chi connectivity index (χ4n) is 4.15. The van der Waals surface area contributed by atoms with E-state index >= 15 is 0 Å². The van der Waals surface area contributed by atoms with E-state index < -0.39 is 72.9 Å². The number of hydrogen-bond acceptors (Lipinski definition) is 4. The van der Waals surface area contributed by atoms with Crippen LogP contribution in [0.4, 0.5) is 26.3 Å². The number of carbonyl (C=O) groups is 1. The van der Waals surface area contributed by atoms with Gasteiger partial charge in [0.1, 0.15) is 11.9 Å². The fraction of sp³-hybridized carbons (Fsp3) is 0.579. The molecule has 32 heavy (non-hydrogen) atoms. The third-order valence-electron chi connectivity index (χ3n) is 5.86. The highest BCUT2D eigenvalue weighted by Gasteiger charge is 2.42. The van der Waals surface area contributed by atoms with Gasteiger partial charge in [-0.15, -0.1) is 0 Å². The number of pyridine rings is 1. The molecule has 0 bridgehead atoms. The quantitative estimate of drug-likeness (QED) is 0.657. The van der Waals surface area contributed by atoms with Crippen LogP contribution in [-0.4, -0.2) is 55.6 Å². The van der Waals surface area contributed by atoms with Gasteiger partial charge in [0.2, 0.25) is 5.91 Å². The summed E-state index contributed by atoms with van der Waals surface area (Å²) >= 11 is 0. The lowest BCUT2D eigenvalue weighted by molar-refractivity contribution is -0.143. The van der Waals surface area contributed by atoms with Crippen LogP contribution < -0.4 is 5.69 Å². The average molecular weight is 463 g/mol. The van der Waals surface area contributed by atoms with Crippen molar-refractivity contribution >= 4 is 5.91 Å². The molecule has 1 fully saturated rings. The number of carbonyl (C=O) groups excluding carboxylic acids is 1. The molecule has 0 aromatic carbocycles. The Morgan fingerprint density at radius 1 is 1.19 bits per heavy atom. The van der Waals surface area contributed by atoms with E-state index in [2.05, 4.69) is 10.1 Å². The Balaban J connectivity index is 1.68. The molecule has 1 amide bonds. The number of aromatic nitrogens is 4. The van der Waals surface area contributed by atoms with Gasteiger partial charge in [0.05, 0.1) is 19.6 Å². The summed E-state index contributed by atoms with van der Waals surface area (Å²) in [6.07, 6.45) is -7.16.